The Morgan fingerprint density at radius 3 is 2.11 bits per heavy atom. The molecular weight excluding hydrogens is 576 g/mol. The Hall–Kier alpha value is -2.18. The summed E-state index contributed by atoms with van der Waals surface area (Å²) in [4.78, 5) is 12.6. The molecule has 0 radical (unpaired) electrons. The maximum Gasteiger partial charge on any atom is 0.203 e. The van der Waals surface area contributed by atoms with E-state index in [4.69, 9.17) is 4.74 Å². The number of halogens is 2. The van der Waals surface area contributed by atoms with Gasteiger partial charge in [-0.15, -0.1) is 0 Å². The number of carbonyl (C=O) groups is 1. The van der Waals surface area contributed by atoms with Crippen LogP contribution in [-0.2, 0) is 6.61 Å². The van der Waals surface area contributed by atoms with E-state index in [2.05, 4.69) is 45.2 Å². The normalized spacial score (nSPS) is 11.0. The lowest BCUT2D eigenvalue weighted by Gasteiger charge is -2.12. The molecule has 3 nitrogen and oxygen atoms in total. The molecule has 0 atom stereocenters. The highest BCUT2D eigenvalue weighted by molar-refractivity contribution is 14.1. The van der Waals surface area contributed by atoms with Gasteiger partial charge in [-0.25, -0.2) is 0 Å². The number of allylic oxidation sites excluding steroid dienone is 1. The molecule has 0 aliphatic carbocycles. The predicted molar refractivity (Wildman–Crippen MR) is 127 cm³/mol. The van der Waals surface area contributed by atoms with E-state index < -0.39 is 0 Å². The van der Waals surface area contributed by atoms with Crippen molar-refractivity contribution < 1.29 is 9.53 Å². The van der Waals surface area contributed by atoms with Gasteiger partial charge in [-0.2, -0.15) is 5.26 Å². The lowest BCUT2D eigenvalue weighted by molar-refractivity contribution is 0.104. The standard InChI is InChI=1S/C23H15I2NO2/c24-20-12-17(11-19(14-26)22(27)18-9-5-2-6-10-18)13-21(25)23(20)28-15-16-7-3-1-4-8-16/h1-13H,15H2. The van der Waals surface area contributed by atoms with E-state index in [9.17, 15) is 10.1 Å². The molecule has 3 rings (SSSR count). The van der Waals surface area contributed by atoms with Gasteiger partial charge in [0.15, 0.2) is 0 Å². The third-order valence-corrected chi connectivity index (χ3v) is 5.56. The first-order valence-corrected chi connectivity index (χ1v) is 10.6. The lowest BCUT2D eigenvalue weighted by Crippen LogP contribution is -2.02. The summed E-state index contributed by atoms with van der Waals surface area (Å²) in [6.45, 7) is 0.484. The van der Waals surface area contributed by atoms with E-state index in [0.29, 0.717) is 12.2 Å². The number of ether oxygens (including phenoxy) is 1. The molecule has 3 aromatic rings. The molecule has 28 heavy (non-hydrogen) atoms. The van der Waals surface area contributed by atoms with E-state index in [0.717, 1.165) is 24.0 Å². The molecule has 0 fully saturated rings. The second kappa shape index (κ2) is 9.85. The van der Waals surface area contributed by atoms with E-state index in [1.807, 2.05) is 54.6 Å². The molecule has 0 heterocycles. The van der Waals surface area contributed by atoms with E-state index in [1.165, 1.54) is 0 Å². The molecule has 138 valence electrons. The number of hydrogen-bond acceptors (Lipinski definition) is 3. The van der Waals surface area contributed by atoms with Gasteiger partial charge < -0.3 is 4.74 Å². The minimum absolute atomic E-state index is 0.107. The minimum Gasteiger partial charge on any atom is -0.487 e. The highest BCUT2D eigenvalue weighted by atomic mass is 127. The lowest BCUT2D eigenvalue weighted by atomic mass is 10.0. The molecule has 0 aliphatic heterocycles. The average Bonchev–Trinajstić information content (AvgIpc) is 2.72. The Morgan fingerprint density at radius 2 is 1.54 bits per heavy atom. The molecule has 3 aromatic carbocycles. The Morgan fingerprint density at radius 1 is 0.964 bits per heavy atom. The zero-order chi connectivity index (χ0) is 19.9. The van der Waals surface area contributed by atoms with E-state index >= 15 is 0 Å². The smallest absolute Gasteiger partial charge is 0.203 e. The van der Waals surface area contributed by atoms with Gasteiger partial charge in [0.1, 0.15) is 24.0 Å². The largest absolute Gasteiger partial charge is 0.487 e. The van der Waals surface area contributed by atoms with Crippen molar-refractivity contribution in [3.8, 4) is 11.8 Å². The second-order valence-corrected chi connectivity index (χ2v) is 8.28. The summed E-state index contributed by atoms with van der Waals surface area (Å²) < 4.78 is 7.84. The third kappa shape index (κ3) is 5.20. The molecule has 0 saturated carbocycles. The third-order valence-electron chi connectivity index (χ3n) is 3.96. The molecule has 0 amide bonds. The van der Waals surface area contributed by atoms with Gasteiger partial charge in [-0.1, -0.05) is 60.7 Å². The van der Waals surface area contributed by atoms with Crippen molar-refractivity contribution in [2.45, 2.75) is 6.61 Å². The number of hydrogen-bond donors (Lipinski definition) is 0. The van der Waals surface area contributed by atoms with Gasteiger partial charge in [-0.05, 0) is 74.5 Å². The van der Waals surface area contributed by atoms with E-state index in [1.54, 1.807) is 30.3 Å². The van der Waals surface area contributed by atoms with Gasteiger partial charge in [0.25, 0.3) is 0 Å². The molecule has 0 unspecified atom stereocenters. The maximum absolute atomic E-state index is 12.6. The monoisotopic (exact) mass is 591 g/mol. The highest BCUT2D eigenvalue weighted by Gasteiger charge is 2.13. The fraction of sp³-hybridized carbons (Fsp3) is 0.0435. The van der Waals surface area contributed by atoms with E-state index in [-0.39, 0.29) is 11.4 Å². The van der Waals surface area contributed by atoms with Gasteiger partial charge in [0, 0.05) is 5.56 Å². The number of rotatable bonds is 6. The number of Topliss-reactive ketones (excluding diaryl/α,β-unsaturated/α-hetero) is 1. The summed E-state index contributed by atoms with van der Waals surface area (Å²) in [7, 11) is 0. The number of carbonyl (C=O) groups excluding carboxylic acids is 1. The van der Waals surface area contributed by atoms with Gasteiger partial charge in [0.05, 0.1) is 7.14 Å². The maximum atomic E-state index is 12.6. The Kier molecular flexibility index (Phi) is 7.23. The zero-order valence-corrected chi connectivity index (χ0v) is 19.0. The van der Waals surface area contributed by atoms with Crippen molar-refractivity contribution >= 4 is 57.0 Å². The topological polar surface area (TPSA) is 50.1 Å². The minimum atomic E-state index is -0.280. The summed E-state index contributed by atoms with van der Waals surface area (Å²) in [5.74, 6) is 0.521. The molecule has 0 spiro atoms. The SMILES string of the molecule is N#CC(=Cc1cc(I)c(OCc2ccccc2)c(I)c1)C(=O)c1ccccc1. The van der Waals surface area contributed by atoms with Crippen LogP contribution in [0.2, 0.25) is 0 Å². The molecule has 0 aromatic heterocycles. The van der Waals surface area contributed by atoms with Gasteiger partial charge in [0.2, 0.25) is 5.78 Å². The summed E-state index contributed by atoms with van der Waals surface area (Å²) >= 11 is 4.43. The number of nitrogens with zero attached hydrogens (tertiary/aromatic N) is 1. The van der Waals surface area contributed by atoms with Crippen molar-refractivity contribution in [3.63, 3.8) is 0 Å². The molecule has 0 saturated heterocycles. The Bertz CT molecular complexity index is 1030. The van der Waals surface area contributed by atoms with Crippen LogP contribution >= 0.6 is 45.2 Å². The number of ketones is 1. The zero-order valence-electron chi connectivity index (χ0n) is 14.7. The first kappa shape index (κ1) is 20.6. The predicted octanol–water partition coefficient (Wildman–Crippen LogP) is 6.26. The quantitative estimate of drug-likeness (QED) is 0.147. The number of benzene rings is 3. The van der Waals surface area contributed by atoms with Crippen LogP contribution in [0.4, 0.5) is 0 Å². The van der Waals surface area contributed by atoms with Crippen LogP contribution < -0.4 is 4.74 Å². The molecular formula is C23H15I2NO2. The van der Waals surface area contributed by atoms with Crippen LogP contribution in [0.3, 0.4) is 0 Å². The summed E-state index contributed by atoms with van der Waals surface area (Å²) in [6, 6.07) is 24.7. The summed E-state index contributed by atoms with van der Waals surface area (Å²) in [5, 5.41) is 9.45. The average molecular weight is 591 g/mol. The Balaban J connectivity index is 1.84. The number of nitriles is 1. The molecule has 0 bridgehead atoms. The second-order valence-electron chi connectivity index (χ2n) is 5.95. The highest BCUT2D eigenvalue weighted by Crippen LogP contribution is 2.30. The van der Waals surface area contributed by atoms with Crippen LogP contribution in [0.1, 0.15) is 21.5 Å². The van der Waals surface area contributed by atoms with Crippen LogP contribution in [0.15, 0.2) is 78.4 Å². The first-order chi connectivity index (χ1) is 13.6. The Labute approximate surface area is 191 Å². The summed E-state index contributed by atoms with van der Waals surface area (Å²) in [5.41, 5.74) is 2.50. The molecule has 0 N–H and O–H groups in total. The van der Waals surface area contributed by atoms with Crippen LogP contribution in [0.5, 0.6) is 5.75 Å². The van der Waals surface area contributed by atoms with Crippen molar-refractivity contribution in [2.24, 2.45) is 0 Å². The molecule has 5 heteroatoms. The fourth-order valence-corrected chi connectivity index (χ4v) is 4.72. The molecule has 0 aliphatic rings. The van der Waals surface area contributed by atoms with Crippen LogP contribution in [-0.4, -0.2) is 5.78 Å². The van der Waals surface area contributed by atoms with Crippen molar-refractivity contribution in [1.29, 1.82) is 5.26 Å². The fourth-order valence-electron chi connectivity index (χ4n) is 2.59. The van der Waals surface area contributed by atoms with Crippen LogP contribution in [0.25, 0.3) is 6.08 Å². The van der Waals surface area contributed by atoms with Gasteiger partial charge >= 0.3 is 0 Å². The van der Waals surface area contributed by atoms with Crippen molar-refractivity contribution in [3.05, 3.63) is 102 Å². The first-order valence-electron chi connectivity index (χ1n) is 8.46. The van der Waals surface area contributed by atoms with Gasteiger partial charge in [-0.3, -0.25) is 4.79 Å². The van der Waals surface area contributed by atoms with Crippen molar-refractivity contribution in [1.82, 2.24) is 0 Å². The summed E-state index contributed by atoms with van der Waals surface area (Å²) in [6.07, 6.45) is 1.63. The van der Waals surface area contributed by atoms with Crippen molar-refractivity contribution in [2.75, 3.05) is 0 Å². The van der Waals surface area contributed by atoms with Crippen LogP contribution in [0, 0.1) is 18.5 Å².